The maximum Gasteiger partial charge on any atom is 0.102 e. The lowest BCUT2D eigenvalue weighted by Gasteiger charge is -2.33. The zero-order valence-corrected chi connectivity index (χ0v) is 17.3. The molecule has 0 bridgehead atoms. The quantitative estimate of drug-likeness (QED) is 0.270. The normalized spacial score (nSPS) is 12.2. The second kappa shape index (κ2) is 17.3. The third-order valence-electron chi connectivity index (χ3n) is 5.09. The number of hydrogen-bond donors (Lipinski definition) is 2. The van der Waals surface area contributed by atoms with E-state index in [1.807, 2.05) is 0 Å². The summed E-state index contributed by atoms with van der Waals surface area (Å²) in [6, 6.07) is 0. The van der Waals surface area contributed by atoms with Crippen LogP contribution < -0.4 is 0 Å². The Kier molecular flexibility index (Phi) is 17.2. The fourth-order valence-corrected chi connectivity index (χ4v) is 3.29. The van der Waals surface area contributed by atoms with E-state index >= 15 is 0 Å². The van der Waals surface area contributed by atoms with Crippen molar-refractivity contribution in [2.24, 2.45) is 5.92 Å². The van der Waals surface area contributed by atoms with E-state index in [0.717, 1.165) is 36.6 Å². The van der Waals surface area contributed by atoms with Crippen LogP contribution in [-0.2, 0) is 4.74 Å². The van der Waals surface area contributed by atoms with E-state index in [4.69, 9.17) is 14.9 Å². The number of rotatable bonds is 19. The number of aliphatic hydroxyl groups is 2. The smallest absolute Gasteiger partial charge is 0.102 e. The Bertz CT molecular complexity index is 266. The molecule has 0 spiro atoms. The Morgan fingerprint density at radius 3 is 1.68 bits per heavy atom. The lowest BCUT2D eigenvalue weighted by Crippen LogP contribution is -2.48. The molecule has 0 unspecified atom stereocenters. The van der Waals surface area contributed by atoms with E-state index in [1.165, 1.54) is 57.8 Å². The molecular formula is C21H46NO3+. The molecule has 0 aliphatic heterocycles. The first-order valence-electron chi connectivity index (χ1n) is 10.7. The van der Waals surface area contributed by atoms with Gasteiger partial charge in [-0.2, -0.15) is 0 Å². The van der Waals surface area contributed by atoms with Gasteiger partial charge in [0.2, 0.25) is 0 Å². The van der Waals surface area contributed by atoms with Gasteiger partial charge in [0.25, 0.3) is 0 Å². The molecule has 4 nitrogen and oxygen atoms in total. The largest absolute Gasteiger partial charge is 0.391 e. The fraction of sp³-hybridized carbons (Fsp3) is 1.00. The summed E-state index contributed by atoms with van der Waals surface area (Å²) in [5.74, 6) is 0.858. The highest BCUT2D eigenvalue weighted by Gasteiger charge is 2.19. The average Bonchev–Trinajstić information content (AvgIpc) is 2.55. The van der Waals surface area contributed by atoms with Gasteiger partial charge in [0.1, 0.15) is 13.1 Å². The monoisotopic (exact) mass is 360 g/mol. The molecule has 0 aromatic carbocycles. The van der Waals surface area contributed by atoms with Gasteiger partial charge in [-0.25, -0.2) is 0 Å². The van der Waals surface area contributed by atoms with Crippen LogP contribution in [0.5, 0.6) is 0 Å². The number of unbranched alkanes of at least 4 members (excludes halogenated alkanes) is 7. The number of quaternary nitrogens is 1. The molecule has 0 radical (unpaired) electrons. The summed E-state index contributed by atoms with van der Waals surface area (Å²) in [6.07, 6.45) is 13.2. The van der Waals surface area contributed by atoms with Crippen LogP contribution in [0, 0.1) is 5.92 Å². The fourth-order valence-electron chi connectivity index (χ4n) is 3.29. The Morgan fingerprint density at radius 2 is 1.16 bits per heavy atom. The lowest BCUT2D eigenvalue weighted by molar-refractivity contribution is -0.910. The van der Waals surface area contributed by atoms with Crippen LogP contribution in [0.15, 0.2) is 0 Å². The molecule has 0 heterocycles. The van der Waals surface area contributed by atoms with Crippen molar-refractivity contribution in [3.05, 3.63) is 0 Å². The third kappa shape index (κ3) is 17.0. The highest BCUT2D eigenvalue weighted by atomic mass is 16.5. The number of nitrogens with zero attached hydrogens (tertiary/aromatic N) is 1. The predicted molar refractivity (Wildman–Crippen MR) is 107 cm³/mol. The molecule has 0 amide bonds. The summed E-state index contributed by atoms with van der Waals surface area (Å²) < 4.78 is 6.46. The molecule has 0 atom stereocenters. The standard InChI is InChI=1S/C21H46NO3/c1-21(2)13-10-8-6-4-5-7-9-11-19-25-20-12-14-22(3,15-17-23)16-18-24/h21,23-24H,4-20H2,1-3H3/q+1. The average molecular weight is 361 g/mol. The minimum absolute atomic E-state index is 0.176. The molecule has 0 aromatic rings. The van der Waals surface area contributed by atoms with Crippen LogP contribution in [0.3, 0.4) is 0 Å². The van der Waals surface area contributed by atoms with Crippen molar-refractivity contribution in [3.8, 4) is 0 Å². The van der Waals surface area contributed by atoms with E-state index in [0.29, 0.717) is 13.1 Å². The van der Waals surface area contributed by atoms with E-state index in [9.17, 15) is 0 Å². The molecule has 25 heavy (non-hydrogen) atoms. The van der Waals surface area contributed by atoms with Crippen molar-refractivity contribution in [1.82, 2.24) is 0 Å². The Balaban J connectivity index is 3.30. The number of aliphatic hydroxyl groups excluding tert-OH is 2. The molecule has 152 valence electrons. The first-order chi connectivity index (χ1) is 12.0. The van der Waals surface area contributed by atoms with E-state index < -0.39 is 0 Å². The van der Waals surface area contributed by atoms with Gasteiger partial charge in [-0.05, 0) is 12.3 Å². The molecule has 0 aromatic heterocycles. The van der Waals surface area contributed by atoms with Crippen molar-refractivity contribution in [3.63, 3.8) is 0 Å². The van der Waals surface area contributed by atoms with Gasteiger partial charge >= 0.3 is 0 Å². The van der Waals surface area contributed by atoms with Gasteiger partial charge in [0, 0.05) is 13.0 Å². The van der Waals surface area contributed by atoms with Crippen LogP contribution in [0.1, 0.15) is 78.1 Å². The number of likely N-dealkylation sites (N-methyl/N-ethyl adjacent to an activating group) is 1. The Labute approximate surface area is 157 Å². The van der Waals surface area contributed by atoms with Gasteiger partial charge in [-0.15, -0.1) is 0 Å². The minimum atomic E-state index is 0.176. The zero-order valence-electron chi connectivity index (χ0n) is 17.3. The summed E-state index contributed by atoms with van der Waals surface area (Å²) in [7, 11) is 2.09. The van der Waals surface area contributed by atoms with E-state index in [-0.39, 0.29) is 13.2 Å². The molecule has 4 heteroatoms. The molecule has 0 aliphatic rings. The van der Waals surface area contributed by atoms with Gasteiger partial charge in [-0.1, -0.05) is 65.2 Å². The maximum absolute atomic E-state index is 9.13. The number of ether oxygens (including phenoxy) is 1. The molecule has 0 saturated heterocycles. The summed E-state index contributed by atoms with van der Waals surface area (Å²) in [4.78, 5) is 0. The molecule has 0 fully saturated rings. The topological polar surface area (TPSA) is 49.7 Å². The van der Waals surface area contributed by atoms with Crippen LogP contribution in [-0.4, -0.2) is 67.8 Å². The first kappa shape index (κ1) is 24.8. The van der Waals surface area contributed by atoms with Crippen LogP contribution in [0.25, 0.3) is 0 Å². The first-order valence-corrected chi connectivity index (χ1v) is 10.7. The highest BCUT2D eigenvalue weighted by Crippen LogP contribution is 2.12. The summed E-state index contributed by atoms with van der Waals surface area (Å²) in [6.45, 7) is 9.00. The van der Waals surface area contributed by atoms with Crippen molar-refractivity contribution < 1.29 is 19.4 Å². The Hall–Kier alpha value is -0.160. The van der Waals surface area contributed by atoms with Gasteiger partial charge in [-0.3, -0.25) is 0 Å². The lowest BCUT2D eigenvalue weighted by atomic mass is 10.0. The molecule has 2 N–H and O–H groups in total. The van der Waals surface area contributed by atoms with Gasteiger partial charge in [0.05, 0.1) is 33.4 Å². The van der Waals surface area contributed by atoms with E-state index in [1.54, 1.807) is 0 Å². The van der Waals surface area contributed by atoms with Crippen molar-refractivity contribution in [2.45, 2.75) is 78.1 Å². The molecule has 0 rings (SSSR count). The molecule has 0 saturated carbocycles. The SMILES string of the molecule is CC(C)CCCCCCCCCCOCCC[N+](C)(CCO)CCO. The maximum atomic E-state index is 9.13. The van der Waals surface area contributed by atoms with Crippen molar-refractivity contribution in [1.29, 1.82) is 0 Å². The van der Waals surface area contributed by atoms with E-state index in [2.05, 4.69) is 20.9 Å². The summed E-state index contributed by atoms with van der Waals surface area (Å²) in [5.41, 5.74) is 0. The third-order valence-corrected chi connectivity index (χ3v) is 5.09. The zero-order chi connectivity index (χ0) is 18.8. The van der Waals surface area contributed by atoms with Gasteiger partial charge in [0.15, 0.2) is 0 Å². The van der Waals surface area contributed by atoms with Gasteiger partial charge < -0.3 is 19.4 Å². The highest BCUT2D eigenvalue weighted by molar-refractivity contribution is 4.50. The number of hydrogen-bond acceptors (Lipinski definition) is 3. The van der Waals surface area contributed by atoms with Crippen molar-refractivity contribution >= 4 is 0 Å². The van der Waals surface area contributed by atoms with Crippen LogP contribution in [0.2, 0.25) is 0 Å². The second-order valence-electron chi connectivity index (χ2n) is 8.21. The van der Waals surface area contributed by atoms with Crippen LogP contribution >= 0.6 is 0 Å². The summed E-state index contributed by atoms with van der Waals surface area (Å²) >= 11 is 0. The second-order valence-corrected chi connectivity index (χ2v) is 8.21. The van der Waals surface area contributed by atoms with Crippen molar-refractivity contribution in [2.75, 3.05) is 53.1 Å². The predicted octanol–water partition coefficient (Wildman–Crippen LogP) is 3.99. The molecule has 0 aliphatic carbocycles. The minimum Gasteiger partial charge on any atom is -0.391 e. The Morgan fingerprint density at radius 1 is 0.680 bits per heavy atom. The molecular weight excluding hydrogens is 314 g/mol. The summed E-state index contributed by atoms with van der Waals surface area (Å²) in [5, 5.41) is 18.3. The van der Waals surface area contributed by atoms with Crippen LogP contribution in [0.4, 0.5) is 0 Å².